The predicted molar refractivity (Wildman–Crippen MR) is 116 cm³/mol. The molecule has 0 aliphatic rings. The molecule has 0 saturated heterocycles. The number of methoxy groups -OCH3 is 2. The van der Waals surface area contributed by atoms with Crippen LogP contribution >= 0.6 is 23.1 Å². The van der Waals surface area contributed by atoms with Crippen LogP contribution in [0.25, 0.3) is 10.6 Å². The topological polar surface area (TPSA) is 84.2 Å². The van der Waals surface area contributed by atoms with Crippen LogP contribution in [0, 0.1) is 11.3 Å². The average Bonchev–Trinajstić information content (AvgIpc) is 3.31. The third-order valence-electron chi connectivity index (χ3n) is 4.20. The summed E-state index contributed by atoms with van der Waals surface area (Å²) in [6, 6.07) is 10.6. The van der Waals surface area contributed by atoms with E-state index in [0.717, 1.165) is 17.8 Å². The molecule has 1 amide bonds. The van der Waals surface area contributed by atoms with E-state index in [-0.39, 0.29) is 16.5 Å². The van der Waals surface area contributed by atoms with Crippen LogP contribution in [0.4, 0.5) is 18.9 Å². The Labute approximate surface area is 190 Å². The van der Waals surface area contributed by atoms with E-state index in [2.05, 4.69) is 10.3 Å². The lowest BCUT2D eigenvalue weighted by Crippen LogP contribution is -2.16. The number of nitrogens with zero attached hydrogens (tertiary/aromatic N) is 2. The van der Waals surface area contributed by atoms with Gasteiger partial charge < -0.3 is 14.8 Å². The van der Waals surface area contributed by atoms with Crippen LogP contribution in [0.2, 0.25) is 0 Å². The second-order valence-corrected chi connectivity index (χ2v) is 8.14. The average molecular weight is 480 g/mol. The van der Waals surface area contributed by atoms with Crippen molar-refractivity contribution < 1.29 is 27.4 Å². The standard InChI is InChI=1S/C21H16F3N3O3S2/c1-29-12-5-6-17(30-2)15(8-12)26-19(28)11-32-20-13(10-25)14(21(22,23)24)9-16(27-20)18-4-3-7-31-18/h3-9H,11H2,1-2H3,(H,26,28). The maximum absolute atomic E-state index is 13.6. The number of aromatic nitrogens is 1. The van der Waals surface area contributed by atoms with E-state index in [1.54, 1.807) is 41.8 Å². The Balaban J connectivity index is 1.88. The summed E-state index contributed by atoms with van der Waals surface area (Å²) in [6.45, 7) is 0. The van der Waals surface area contributed by atoms with Gasteiger partial charge in [-0.15, -0.1) is 11.3 Å². The summed E-state index contributed by atoms with van der Waals surface area (Å²) in [5, 5.41) is 13.6. The number of pyridine rings is 1. The van der Waals surface area contributed by atoms with Gasteiger partial charge in [0.15, 0.2) is 0 Å². The number of halogens is 3. The van der Waals surface area contributed by atoms with Crippen LogP contribution in [0.1, 0.15) is 11.1 Å². The van der Waals surface area contributed by atoms with Crippen molar-refractivity contribution in [1.82, 2.24) is 4.98 Å². The lowest BCUT2D eigenvalue weighted by molar-refractivity contribution is -0.138. The minimum Gasteiger partial charge on any atom is -0.497 e. The number of thioether (sulfide) groups is 1. The molecule has 3 aromatic rings. The van der Waals surface area contributed by atoms with Gasteiger partial charge in [0, 0.05) is 6.07 Å². The molecule has 1 aromatic carbocycles. The van der Waals surface area contributed by atoms with Crippen LogP contribution in [0.15, 0.2) is 46.8 Å². The van der Waals surface area contributed by atoms with Gasteiger partial charge in [-0.2, -0.15) is 18.4 Å². The molecule has 0 aliphatic carbocycles. The first-order valence-electron chi connectivity index (χ1n) is 8.97. The maximum Gasteiger partial charge on any atom is 0.417 e. The first-order valence-corrected chi connectivity index (χ1v) is 10.8. The molecule has 32 heavy (non-hydrogen) atoms. The van der Waals surface area contributed by atoms with Crippen molar-refractivity contribution in [3.8, 4) is 28.1 Å². The number of rotatable bonds is 7. The van der Waals surface area contributed by atoms with Crippen molar-refractivity contribution >= 4 is 34.7 Å². The summed E-state index contributed by atoms with van der Waals surface area (Å²) < 4.78 is 51.1. The highest BCUT2D eigenvalue weighted by Gasteiger charge is 2.36. The number of nitriles is 1. The van der Waals surface area contributed by atoms with Crippen molar-refractivity contribution in [2.24, 2.45) is 0 Å². The van der Waals surface area contributed by atoms with E-state index < -0.39 is 23.2 Å². The molecule has 3 rings (SSSR count). The van der Waals surface area contributed by atoms with Crippen molar-refractivity contribution in [2.75, 3.05) is 25.3 Å². The zero-order valence-corrected chi connectivity index (χ0v) is 18.5. The Morgan fingerprint density at radius 3 is 2.62 bits per heavy atom. The van der Waals surface area contributed by atoms with Gasteiger partial charge in [-0.05, 0) is 29.6 Å². The molecular formula is C21H16F3N3O3S2. The Morgan fingerprint density at radius 1 is 1.25 bits per heavy atom. The zero-order valence-electron chi connectivity index (χ0n) is 16.8. The number of nitrogens with one attached hydrogen (secondary N) is 1. The molecule has 1 N–H and O–H groups in total. The van der Waals surface area contributed by atoms with E-state index in [4.69, 9.17) is 9.47 Å². The van der Waals surface area contributed by atoms with Gasteiger partial charge >= 0.3 is 6.18 Å². The van der Waals surface area contributed by atoms with Crippen molar-refractivity contribution in [2.45, 2.75) is 11.2 Å². The highest BCUT2D eigenvalue weighted by Crippen LogP contribution is 2.38. The molecule has 2 heterocycles. The highest BCUT2D eigenvalue weighted by molar-refractivity contribution is 8.00. The number of hydrogen-bond donors (Lipinski definition) is 1. The largest absolute Gasteiger partial charge is 0.497 e. The second-order valence-electron chi connectivity index (χ2n) is 6.23. The third kappa shape index (κ3) is 5.33. The number of hydrogen-bond acceptors (Lipinski definition) is 7. The van der Waals surface area contributed by atoms with E-state index in [9.17, 15) is 23.2 Å². The number of thiophene rings is 1. The SMILES string of the molecule is COc1ccc(OC)c(NC(=O)CSc2nc(-c3cccs3)cc(C(F)(F)F)c2C#N)c1. The van der Waals surface area contributed by atoms with Crippen molar-refractivity contribution in [3.05, 3.63) is 52.9 Å². The number of alkyl halides is 3. The molecule has 11 heteroatoms. The summed E-state index contributed by atoms with van der Waals surface area (Å²) >= 11 is 1.98. The van der Waals surface area contributed by atoms with E-state index in [1.807, 2.05) is 0 Å². The second kappa shape index (κ2) is 9.93. The number of ether oxygens (including phenoxy) is 2. The first-order chi connectivity index (χ1) is 15.3. The van der Waals surface area contributed by atoms with E-state index >= 15 is 0 Å². The van der Waals surface area contributed by atoms with Gasteiger partial charge in [0.25, 0.3) is 0 Å². The summed E-state index contributed by atoms with van der Waals surface area (Å²) in [6.07, 6.45) is -4.74. The third-order valence-corrected chi connectivity index (χ3v) is 6.07. The van der Waals surface area contributed by atoms with Crippen molar-refractivity contribution in [3.63, 3.8) is 0 Å². The Bertz CT molecular complexity index is 1160. The number of benzene rings is 1. The van der Waals surface area contributed by atoms with Gasteiger partial charge in [-0.25, -0.2) is 4.98 Å². The molecular weight excluding hydrogens is 463 g/mol. The lowest BCUT2D eigenvalue weighted by atomic mass is 10.1. The van der Waals surface area contributed by atoms with E-state index in [0.29, 0.717) is 22.1 Å². The first kappa shape index (κ1) is 23.4. The molecule has 0 bridgehead atoms. The predicted octanol–water partition coefficient (Wildman–Crippen LogP) is 5.45. The lowest BCUT2D eigenvalue weighted by Gasteiger charge is -2.14. The number of anilines is 1. The molecule has 0 radical (unpaired) electrons. The Kier molecular flexibility index (Phi) is 7.27. The van der Waals surface area contributed by atoms with Crippen LogP contribution in [-0.2, 0) is 11.0 Å². The van der Waals surface area contributed by atoms with Gasteiger partial charge in [0.05, 0.1) is 47.4 Å². The summed E-state index contributed by atoms with van der Waals surface area (Å²) in [7, 11) is 2.90. The number of amides is 1. The molecule has 0 atom stereocenters. The van der Waals surface area contributed by atoms with Crippen LogP contribution in [0.3, 0.4) is 0 Å². The fourth-order valence-electron chi connectivity index (χ4n) is 2.74. The number of carbonyl (C=O) groups excluding carboxylic acids is 1. The Morgan fingerprint density at radius 2 is 2.03 bits per heavy atom. The molecule has 0 unspecified atom stereocenters. The fraction of sp³-hybridized carbons (Fsp3) is 0.190. The molecule has 166 valence electrons. The van der Waals surface area contributed by atoms with Crippen LogP contribution in [0.5, 0.6) is 11.5 Å². The molecule has 0 fully saturated rings. The van der Waals surface area contributed by atoms with E-state index in [1.165, 1.54) is 25.6 Å². The Hall–Kier alpha value is -3.23. The summed E-state index contributed by atoms with van der Waals surface area (Å²) in [4.78, 5) is 17.2. The van der Waals surface area contributed by atoms with Gasteiger partial charge in [0.1, 0.15) is 22.6 Å². The monoisotopic (exact) mass is 479 g/mol. The smallest absolute Gasteiger partial charge is 0.417 e. The maximum atomic E-state index is 13.6. The fourth-order valence-corrected chi connectivity index (χ4v) is 4.23. The molecule has 6 nitrogen and oxygen atoms in total. The molecule has 2 aromatic heterocycles. The summed E-state index contributed by atoms with van der Waals surface area (Å²) in [5.41, 5.74) is -1.27. The molecule has 0 saturated carbocycles. The molecule has 0 aliphatic heterocycles. The minimum absolute atomic E-state index is 0.0868. The van der Waals surface area contributed by atoms with Gasteiger partial charge in [0.2, 0.25) is 5.91 Å². The summed E-state index contributed by atoms with van der Waals surface area (Å²) in [5.74, 6) is 0.0924. The highest BCUT2D eigenvalue weighted by atomic mass is 32.2. The van der Waals surface area contributed by atoms with Crippen LogP contribution < -0.4 is 14.8 Å². The van der Waals surface area contributed by atoms with Crippen molar-refractivity contribution in [1.29, 1.82) is 5.26 Å². The number of carbonyl (C=O) groups is 1. The van der Waals surface area contributed by atoms with Crippen LogP contribution in [-0.4, -0.2) is 30.9 Å². The van der Waals surface area contributed by atoms with Gasteiger partial charge in [-0.3, -0.25) is 4.79 Å². The van der Waals surface area contributed by atoms with Gasteiger partial charge in [-0.1, -0.05) is 17.8 Å². The normalized spacial score (nSPS) is 11.0. The minimum atomic E-state index is -4.74. The quantitative estimate of drug-likeness (QED) is 0.454. The molecule has 0 spiro atoms. The zero-order chi connectivity index (χ0) is 23.3.